The average Bonchev–Trinajstić information content (AvgIpc) is 3.49. The van der Waals surface area contributed by atoms with Gasteiger partial charge in [-0.2, -0.15) is 0 Å². The van der Waals surface area contributed by atoms with Crippen molar-refractivity contribution < 1.29 is 23.5 Å². The summed E-state index contributed by atoms with van der Waals surface area (Å²) in [5, 5.41) is 5.81. The van der Waals surface area contributed by atoms with Crippen LogP contribution in [0.4, 0.5) is 11.4 Å². The van der Waals surface area contributed by atoms with Crippen LogP contribution < -0.4 is 10.6 Å². The molecule has 0 bridgehead atoms. The molecule has 1 aromatic heterocycles. The number of furan rings is 1. The molecule has 3 aromatic carbocycles. The minimum Gasteiger partial charge on any atom is -0.465 e. The number of carbonyl (C=O) groups is 3. The Kier molecular flexibility index (Phi) is 6.56. The molecule has 2 amide bonds. The molecule has 0 atom stereocenters. The van der Waals surface area contributed by atoms with Crippen LogP contribution in [0.3, 0.4) is 0 Å². The summed E-state index contributed by atoms with van der Waals surface area (Å²) in [6.45, 7) is 2.06. The van der Waals surface area contributed by atoms with Crippen molar-refractivity contribution in [3.63, 3.8) is 0 Å². The fraction of sp³-hybridized carbons (Fsp3) is 0.182. The second kappa shape index (κ2) is 10.3. The molecular weight excluding hydrogens is 504 g/mol. The zero-order valence-corrected chi connectivity index (χ0v) is 22.3. The highest BCUT2D eigenvalue weighted by Gasteiger charge is 2.28. The first-order valence-electron chi connectivity index (χ1n) is 13.3. The van der Waals surface area contributed by atoms with Gasteiger partial charge in [-0.15, -0.1) is 0 Å². The lowest BCUT2D eigenvalue weighted by molar-refractivity contribution is -0.110. The molecule has 1 aliphatic carbocycles. The van der Waals surface area contributed by atoms with E-state index in [1.165, 1.54) is 18.2 Å². The highest BCUT2D eigenvalue weighted by molar-refractivity contribution is 6.35. The Labute approximate surface area is 231 Å². The fourth-order valence-electron chi connectivity index (χ4n) is 5.34. The van der Waals surface area contributed by atoms with Gasteiger partial charge >= 0.3 is 5.97 Å². The van der Waals surface area contributed by atoms with Crippen LogP contribution in [0.1, 0.15) is 61.8 Å². The van der Waals surface area contributed by atoms with Crippen LogP contribution in [-0.2, 0) is 22.4 Å². The van der Waals surface area contributed by atoms with E-state index in [1.807, 2.05) is 6.08 Å². The van der Waals surface area contributed by atoms with E-state index < -0.39 is 5.97 Å². The Bertz CT molecular complexity index is 1680. The summed E-state index contributed by atoms with van der Waals surface area (Å²) in [4.78, 5) is 37.7. The van der Waals surface area contributed by atoms with Crippen molar-refractivity contribution in [2.75, 3.05) is 17.7 Å². The molecule has 0 radical (unpaired) electrons. The number of anilines is 2. The van der Waals surface area contributed by atoms with Gasteiger partial charge in [0.15, 0.2) is 0 Å². The molecule has 7 heteroatoms. The van der Waals surface area contributed by atoms with Crippen molar-refractivity contribution in [1.82, 2.24) is 0 Å². The molecule has 6 rings (SSSR count). The summed E-state index contributed by atoms with van der Waals surface area (Å²) in [6, 6.07) is 19.9. The molecule has 0 spiro atoms. The minimum absolute atomic E-state index is 0.221. The molecule has 7 nitrogen and oxygen atoms in total. The van der Waals surface area contributed by atoms with E-state index >= 15 is 0 Å². The van der Waals surface area contributed by atoms with E-state index in [2.05, 4.69) is 41.8 Å². The van der Waals surface area contributed by atoms with Gasteiger partial charge in [-0.05, 0) is 80.3 Å². The normalized spacial score (nSPS) is 14.8. The van der Waals surface area contributed by atoms with Crippen molar-refractivity contribution in [3.05, 3.63) is 106 Å². The number of fused-ring (bicyclic) bond motifs is 2. The lowest BCUT2D eigenvalue weighted by Gasteiger charge is -2.11. The number of aryl methyl sites for hydroxylation is 2. The highest BCUT2D eigenvalue weighted by Crippen LogP contribution is 2.41. The molecule has 0 fully saturated rings. The molecule has 4 aromatic rings. The Morgan fingerprint density at radius 1 is 0.950 bits per heavy atom. The Morgan fingerprint density at radius 3 is 2.42 bits per heavy atom. The number of carbonyl (C=O) groups excluding carboxylic acids is 3. The number of hydrogen-bond donors (Lipinski definition) is 2. The molecule has 0 saturated carbocycles. The Balaban J connectivity index is 1.33. The van der Waals surface area contributed by atoms with Crippen LogP contribution in [0.2, 0.25) is 0 Å². The maximum absolute atomic E-state index is 13.1. The molecule has 1 aliphatic heterocycles. The van der Waals surface area contributed by atoms with Gasteiger partial charge in [0.25, 0.3) is 11.8 Å². The van der Waals surface area contributed by atoms with E-state index in [0.29, 0.717) is 39.4 Å². The SMILES string of the molecule is COC(=O)c1ccc(C(=O)Nc2ccc3c(c2)C(=Cc2oc4c(c2-c2ccc(C)cc2)CCCC4)C(=O)N3)cc1. The third-order valence-electron chi connectivity index (χ3n) is 7.44. The fourth-order valence-corrected chi connectivity index (χ4v) is 5.34. The van der Waals surface area contributed by atoms with Crippen LogP contribution >= 0.6 is 0 Å². The van der Waals surface area contributed by atoms with Crippen molar-refractivity contribution in [2.45, 2.75) is 32.6 Å². The Hall–Kier alpha value is -4.91. The third-order valence-corrected chi connectivity index (χ3v) is 7.44. The molecular formula is C33H28N2O5. The lowest BCUT2D eigenvalue weighted by atomic mass is 9.90. The first-order chi connectivity index (χ1) is 19.4. The number of ether oxygens (including phenoxy) is 1. The quantitative estimate of drug-likeness (QED) is 0.221. The summed E-state index contributed by atoms with van der Waals surface area (Å²) in [5.41, 5.74) is 7.65. The molecule has 0 saturated heterocycles. The van der Waals surface area contributed by atoms with Crippen LogP contribution in [-0.4, -0.2) is 24.9 Å². The van der Waals surface area contributed by atoms with Gasteiger partial charge in [0.2, 0.25) is 0 Å². The summed E-state index contributed by atoms with van der Waals surface area (Å²) >= 11 is 0. The van der Waals surface area contributed by atoms with Crippen molar-refractivity contribution >= 4 is 40.8 Å². The van der Waals surface area contributed by atoms with Crippen molar-refractivity contribution in [1.29, 1.82) is 0 Å². The predicted octanol–water partition coefficient (Wildman–Crippen LogP) is 6.67. The van der Waals surface area contributed by atoms with Crippen LogP contribution in [0, 0.1) is 6.92 Å². The van der Waals surface area contributed by atoms with Crippen molar-refractivity contribution in [3.8, 4) is 11.1 Å². The van der Waals surface area contributed by atoms with Crippen molar-refractivity contribution in [2.24, 2.45) is 0 Å². The van der Waals surface area contributed by atoms with Gasteiger partial charge in [0.05, 0.1) is 18.2 Å². The zero-order chi connectivity index (χ0) is 27.8. The van der Waals surface area contributed by atoms with Gasteiger partial charge < -0.3 is 19.8 Å². The molecule has 40 heavy (non-hydrogen) atoms. The first kappa shape index (κ1) is 25.4. The summed E-state index contributed by atoms with van der Waals surface area (Å²) in [7, 11) is 1.31. The minimum atomic E-state index is -0.468. The maximum Gasteiger partial charge on any atom is 0.337 e. The molecule has 2 N–H and O–H groups in total. The van der Waals surface area contributed by atoms with E-state index in [4.69, 9.17) is 9.15 Å². The van der Waals surface area contributed by atoms with E-state index in [1.54, 1.807) is 42.5 Å². The lowest BCUT2D eigenvalue weighted by Crippen LogP contribution is -2.12. The third kappa shape index (κ3) is 4.71. The van der Waals surface area contributed by atoms with E-state index in [0.717, 1.165) is 42.6 Å². The zero-order valence-electron chi connectivity index (χ0n) is 22.3. The number of hydrogen-bond acceptors (Lipinski definition) is 5. The number of methoxy groups -OCH3 is 1. The van der Waals surface area contributed by atoms with Gasteiger partial charge in [-0.3, -0.25) is 9.59 Å². The average molecular weight is 533 g/mol. The van der Waals surface area contributed by atoms with Gasteiger partial charge in [-0.1, -0.05) is 29.8 Å². The Morgan fingerprint density at radius 2 is 1.68 bits per heavy atom. The monoisotopic (exact) mass is 532 g/mol. The van der Waals surface area contributed by atoms with E-state index in [9.17, 15) is 14.4 Å². The van der Waals surface area contributed by atoms with Gasteiger partial charge in [0, 0.05) is 40.0 Å². The number of nitrogens with one attached hydrogen (secondary N) is 2. The smallest absolute Gasteiger partial charge is 0.337 e. The molecule has 200 valence electrons. The first-order valence-corrected chi connectivity index (χ1v) is 13.3. The molecule has 2 heterocycles. The van der Waals surface area contributed by atoms with Gasteiger partial charge in [-0.25, -0.2) is 4.79 Å². The summed E-state index contributed by atoms with van der Waals surface area (Å²) in [6.07, 6.45) is 5.86. The second-order valence-corrected chi connectivity index (χ2v) is 10.1. The highest BCUT2D eigenvalue weighted by atomic mass is 16.5. The van der Waals surface area contributed by atoms with Crippen LogP contribution in [0.5, 0.6) is 0 Å². The summed E-state index contributed by atoms with van der Waals surface area (Å²) in [5.74, 6) is 0.645. The predicted molar refractivity (Wildman–Crippen MR) is 154 cm³/mol. The van der Waals surface area contributed by atoms with E-state index in [-0.39, 0.29) is 11.8 Å². The van der Waals surface area contributed by atoms with Gasteiger partial charge in [0.1, 0.15) is 11.5 Å². The molecule has 2 aliphatic rings. The standard InChI is InChI=1S/C33H28N2O5/c1-19-7-9-20(10-8-19)30-24-5-3-4-6-28(24)40-29(30)18-26-25-17-23(15-16-27(25)35-32(26)37)34-31(36)21-11-13-22(14-12-21)33(38)39-2/h7-18H,3-6H2,1-2H3,(H,34,36)(H,35,37). The van der Waals surface area contributed by atoms with Crippen LogP contribution in [0.25, 0.3) is 22.8 Å². The second-order valence-electron chi connectivity index (χ2n) is 10.1. The summed E-state index contributed by atoms with van der Waals surface area (Å²) < 4.78 is 11.1. The maximum atomic E-state index is 13.1. The largest absolute Gasteiger partial charge is 0.465 e. The number of rotatable bonds is 5. The number of benzene rings is 3. The number of amides is 2. The van der Waals surface area contributed by atoms with Crippen LogP contribution in [0.15, 0.2) is 71.1 Å². The number of esters is 1. The molecule has 0 unspecified atom stereocenters. The topological polar surface area (TPSA) is 97.6 Å².